The number of hydrogen-bond donors (Lipinski definition) is 1. The van der Waals surface area contributed by atoms with Crippen molar-refractivity contribution in [2.45, 2.75) is 38.1 Å². The second-order valence-corrected chi connectivity index (χ2v) is 5.38. The predicted octanol–water partition coefficient (Wildman–Crippen LogP) is 2.11. The van der Waals surface area contributed by atoms with Gasteiger partial charge in [-0.25, -0.2) is 14.8 Å². The van der Waals surface area contributed by atoms with E-state index < -0.39 is 12.1 Å². The van der Waals surface area contributed by atoms with Crippen molar-refractivity contribution >= 4 is 11.9 Å². The van der Waals surface area contributed by atoms with Crippen LogP contribution in [-0.2, 0) is 9.53 Å². The van der Waals surface area contributed by atoms with E-state index in [-0.39, 0.29) is 0 Å². The Bertz CT molecular complexity index is 527. The zero-order valence-electron chi connectivity index (χ0n) is 12.5. The molecule has 1 aromatic rings. The summed E-state index contributed by atoms with van der Waals surface area (Å²) in [4.78, 5) is 19.9. The minimum Gasteiger partial charge on any atom is -0.475 e. The Morgan fingerprint density at radius 2 is 2.00 bits per heavy atom. The van der Waals surface area contributed by atoms with Crippen LogP contribution < -0.4 is 4.90 Å². The fourth-order valence-electron chi connectivity index (χ4n) is 3.01. The molecule has 1 aliphatic heterocycles. The zero-order valence-corrected chi connectivity index (χ0v) is 12.5. The van der Waals surface area contributed by atoms with Crippen LogP contribution in [0.15, 0.2) is 18.5 Å². The van der Waals surface area contributed by atoms with Gasteiger partial charge in [0.1, 0.15) is 0 Å². The molecule has 1 aliphatic carbocycles. The Labute approximate surface area is 131 Å². The summed E-state index contributed by atoms with van der Waals surface area (Å²) in [6.07, 6.45) is 1.39. The van der Waals surface area contributed by atoms with E-state index in [1.165, 1.54) is 6.42 Å². The number of carbonyl (C=O) groups is 1. The van der Waals surface area contributed by atoms with Gasteiger partial charge in [-0.1, -0.05) is 0 Å². The number of aromatic nitrogens is 2. The van der Waals surface area contributed by atoms with Crippen LogP contribution in [0.1, 0.15) is 19.8 Å². The number of alkyl halides is 3. The molecule has 0 spiro atoms. The van der Waals surface area contributed by atoms with Gasteiger partial charge >= 0.3 is 12.1 Å². The highest BCUT2D eigenvalue weighted by Gasteiger charge is 2.45. The normalized spacial score (nSPS) is 25.9. The van der Waals surface area contributed by atoms with Gasteiger partial charge in [-0.2, -0.15) is 13.2 Å². The largest absolute Gasteiger partial charge is 0.490 e. The van der Waals surface area contributed by atoms with Gasteiger partial charge in [0.15, 0.2) is 0 Å². The summed E-state index contributed by atoms with van der Waals surface area (Å²) in [5, 5.41) is 7.12. The topological polar surface area (TPSA) is 75.5 Å². The van der Waals surface area contributed by atoms with E-state index in [9.17, 15) is 13.2 Å². The number of nitrogens with zero attached hydrogens (tertiary/aromatic N) is 3. The monoisotopic (exact) mass is 333 g/mol. The van der Waals surface area contributed by atoms with E-state index in [4.69, 9.17) is 14.6 Å². The molecule has 2 heterocycles. The van der Waals surface area contributed by atoms with E-state index in [0.717, 1.165) is 25.5 Å². The van der Waals surface area contributed by atoms with Crippen molar-refractivity contribution in [3.8, 4) is 0 Å². The molecule has 1 saturated heterocycles. The number of halogens is 3. The first-order chi connectivity index (χ1) is 10.8. The number of aliphatic carboxylic acids is 1. The average molecular weight is 333 g/mol. The van der Waals surface area contributed by atoms with Crippen molar-refractivity contribution in [2.24, 2.45) is 5.92 Å². The summed E-state index contributed by atoms with van der Waals surface area (Å²) < 4.78 is 37.5. The van der Waals surface area contributed by atoms with Crippen LogP contribution in [0.3, 0.4) is 0 Å². The van der Waals surface area contributed by atoms with Crippen LogP contribution in [0.4, 0.5) is 19.1 Å². The summed E-state index contributed by atoms with van der Waals surface area (Å²) in [7, 11) is 0. The Balaban J connectivity index is 0.000000236. The van der Waals surface area contributed by atoms with Crippen molar-refractivity contribution < 1.29 is 27.8 Å². The molecule has 128 valence electrons. The molecule has 2 fully saturated rings. The van der Waals surface area contributed by atoms with Gasteiger partial charge in [0.05, 0.1) is 6.10 Å². The number of piperidine rings is 1. The van der Waals surface area contributed by atoms with Crippen molar-refractivity contribution in [1.82, 2.24) is 9.97 Å². The highest BCUT2D eigenvalue weighted by molar-refractivity contribution is 5.73. The Kier molecular flexibility index (Phi) is 5.40. The van der Waals surface area contributed by atoms with Gasteiger partial charge in [-0.15, -0.1) is 0 Å². The maximum atomic E-state index is 10.6. The molecular formula is C14H18F3N3O3. The lowest BCUT2D eigenvalue weighted by Crippen LogP contribution is -2.39. The van der Waals surface area contributed by atoms with Crippen molar-refractivity contribution in [3.63, 3.8) is 0 Å². The lowest BCUT2D eigenvalue weighted by atomic mass is 10.1. The van der Waals surface area contributed by atoms with Gasteiger partial charge in [0.25, 0.3) is 0 Å². The molecule has 3 atom stereocenters. The molecule has 6 nitrogen and oxygen atoms in total. The first-order valence-electron chi connectivity index (χ1n) is 7.28. The molecule has 3 rings (SSSR count). The maximum Gasteiger partial charge on any atom is 0.490 e. The standard InChI is InChI=1S/C12H17N3O.C2HF3O2/c1-2-16-11-7-10-6-9(11)8-15(10)12-13-4-3-5-14-12;3-2(4,5)1(6)7/h3-5,9-11H,2,6-8H2,1H3;(H,6,7)/t9?,10?,11-;/m1./s1. The molecule has 1 saturated carbocycles. The average Bonchev–Trinajstić information content (AvgIpc) is 3.08. The summed E-state index contributed by atoms with van der Waals surface area (Å²) in [6.45, 7) is 3.96. The third-order valence-electron chi connectivity index (χ3n) is 3.91. The quantitative estimate of drug-likeness (QED) is 0.913. The maximum absolute atomic E-state index is 10.6. The second kappa shape index (κ2) is 7.12. The molecule has 2 unspecified atom stereocenters. The van der Waals surface area contributed by atoms with Crippen molar-refractivity contribution in [2.75, 3.05) is 18.1 Å². The molecule has 1 aromatic heterocycles. The molecule has 23 heavy (non-hydrogen) atoms. The van der Waals surface area contributed by atoms with Crippen LogP contribution in [-0.4, -0.2) is 52.5 Å². The summed E-state index contributed by atoms with van der Waals surface area (Å²) in [5.41, 5.74) is 0. The molecule has 0 aromatic carbocycles. The van der Waals surface area contributed by atoms with E-state index in [2.05, 4.69) is 21.8 Å². The summed E-state index contributed by atoms with van der Waals surface area (Å²) in [6, 6.07) is 2.45. The Morgan fingerprint density at radius 1 is 1.39 bits per heavy atom. The fourth-order valence-corrected chi connectivity index (χ4v) is 3.01. The molecule has 9 heteroatoms. The van der Waals surface area contributed by atoms with Crippen molar-refractivity contribution in [1.29, 1.82) is 0 Å². The summed E-state index contributed by atoms with van der Waals surface area (Å²) >= 11 is 0. The van der Waals surface area contributed by atoms with Crippen LogP contribution in [0.5, 0.6) is 0 Å². The highest BCUT2D eigenvalue weighted by Crippen LogP contribution is 2.40. The van der Waals surface area contributed by atoms with Crippen molar-refractivity contribution in [3.05, 3.63) is 18.5 Å². The van der Waals surface area contributed by atoms with Crippen LogP contribution >= 0.6 is 0 Å². The number of fused-ring (bicyclic) bond motifs is 2. The van der Waals surface area contributed by atoms with Gasteiger partial charge in [-0.05, 0) is 25.8 Å². The summed E-state index contributed by atoms with van der Waals surface area (Å²) in [5.74, 6) is -1.20. The van der Waals surface area contributed by atoms with E-state index in [1.807, 2.05) is 18.5 Å². The molecular weight excluding hydrogens is 315 g/mol. The second-order valence-electron chi connectivity index (χ2n) is 5.38. The van der Waals surface area contributed by atoms with E-state index >= 15 is 0 Å². The SMILES string of the molecule is CCO[C@@H]1CC2CC1CN2c1ncccn1.O=C(O)C(F)(F)F. The highest BCUT2D eigenvalue weighted by atomic mass is 19.4. The zero-order chi connectivity index (χ0) is 17.0. The van der Waals surface area contributed by atoms with Gasteiger partial charge in [0.2, 0.25) is 5.95 Å². The molecule has 2 aliphatic rings. The van der Waals surface area contributed by atoms with Crippen LogP contribution in [0.2, 0.25) is 0 Å². The van der Waals surface area contributed by atoms with Gasteiger partial charge in [0, 0.05) is 37.5 Å². The van der Waals surface area contributed by atoms with Gasteiger partial charge < -0.3 is 14.7 Å². The number of carboxylic acid groups (broad SMARTS) is 1. The smallest absolute Gasteiger partial charge is 0.475 e. The fraction of sp³-hybridized carbons (Fsp3) is 0.643. The first-order valence-corrected chi connectivity index (χ1v) is 7.28. The number of ether oxygens (including phenoxy) is 1. The Morgan fingerprint density at radius 3 is 2.43 bits per heavy atom. The molecule has 2 bridgehead atoms. The predicted molar refractivity (Wildman–Crippen MR) is 75.0 cm³/mol. The molecule has 0 amide bonds. The van der Waals surface area contributed by atoms with E-state index in [0.29, 0.717) is 18.1 Å². The van der Waals surface area contributed by atoms with Crippen LogP contribution in [0, 0.1) is 5.92 Å². The third-order valence-corrected chi connectivity index (χ3v) is 3.91. The minimum absolute atomic E-state index is 0.468. The van der Waals surface area contributed by atoms with Crippen LogP contribution in [0.25, 0.3) is 0 Å². The molecule has 0 radical (unpaired) electrons. The minimum atomic E-state index is -5.08. The Hall–Kier alpha value is -1.90. The number of hydrogen-bond acceptors (Lipinski definition) is 5. The van der Waals surface area contributed by atoms with E-state index in [1.54, 1.807) is 0 Å². The first kappa shape index (κ1) is 17.5. The lowest BCUT2D eigenvalue weighted by Gasteiger charge is -2.31. The third kappa shape index (κ3) is 4.31. The number of carboxylic acids is 1. The number of rotatable bonds is 3. The lowest BCUT2D eigenvalue weighted by molar-refractivity contribution is -0.192. The van der Waals surface area contributed by atoms with Gasteiger partial charge in [-0.3, -0.25) is 0 Å². The molecule has 1 N–H and O–H groups in total. The number of anilines is 1.